The minimum absolute atomic E-state index is 0.126. The molecule has 1 fully saturated rings. The molecular weight excluding hydrogens is 292 g/mol. The molecule has 0 saturated heterocycles. The number of carbonyl (C=O) groups excluding carboxylic acids is 1. The maximum absolute atomic E-state index is 12.1. The Kier molecular flexibility index (Phi) is 4.90. The van der Waals surface area contributed by atoms with E-state index in [0.29, 0.717) is 18.3 Å². The summed E-state index contributed by atoms with van der Waals surface area (Å²) in [5.74, 6) is 0.615. The van der Waals surface area contributed by atoms with E-state index in [2.05, 4.69) is 10.3 Å². The lowest BCUT2D eigenvalue weighted by atomic mass is 10.1. The van der Waals surface area contributed by atoms with E-state index in [4.69, 9.17) is 10.6 Å². The fourth-order valence-corrected chi connectivity index (χ4v) is 3.00. The predicted molar refractivity (Wildman–Crippen MR) is 88.8 cm³/mol. The Morgan fingerprint density at radius 3 is 2.78 bits per heavy atom. The first-order valence-corrected chi connectivity index (χ1v) is 8.12. The van der Waals surface area contributed by atoms with Gasteiger partial charge in [0.2, 0.25) is 0 Å². The van der Waals surface area contributed by atoms with Gasteiger partial charge in [-0.25, -0.2) is 5.01 Å². The Bertz CT molecular complexity index is 606. The van der Waals surface area contributed by atoms with Crippen LogP contribution in [-0.4, -0.2) is 35.6 Å². The van der Waals surface area contributed by atoms with E-state index < -0.39 is 0 Å². The summed E-state index contributed by atoms with van der Waals surface area (Å²) in [6, 6.07) is 9.88. The fourth-order valence-electron chi connectivity index (χ4n) is 3.00. The number of nitrogens with two attached hydrogens (primary N) is 1. The molecule has 0 radical (unpaired) electrons. The van der Waals surface area contributed by atoms with Crippen LogP contribution in [-0.2, 0) is 9.63 Å². The van der Waals surface area contributed by atoms with Crippen LogP contribution in [0.25, 0.3) is 0 Å². The molecule has 0 unspecified atom stereocenters. The lowest BCUT2D eigenvalue weighted by molar-refractivity contribution is -0.135. The third kappa shape index (κ3) is 3.88. The van der Waals surface area contributed by atoms with E-state index >= 15 is 0 Å². The summed E-state index contributed by atoms with van der Waals surface area (Å²) in [4.78, 5) is 17.2. The number of nitrogens with zero attached hydrogens (tertiary/aromatic N) is 3. The summed E-state index contributed by atoms with van der Waals surface area (Å²) in [6.07, 6.45) is 5.24. The highest BCUT2D eigenvalue weighted by Crippen LogP contribution is 2.24. The number of hydrogen-bond donors (Lipinski definition) is 1. The Morgan fingerprint density at radius 2 is 2.04 bits per heavy atom. The summed E-state index contributed by atoms with van der Waals surface area (Å²) in [5, 5.41) is 9.72. The standard InChI is InChI=1S/C17H22N4O2/c18-17(14-8-4-5-9-14)20-23-12-16(22)21-11-10-15(19-21)13-6-2-1-3-7-13/h1-3,6-7,14H,4-5,8-12H2,(H2,18,20). The van der Waals surface area contributed by atoms with Crippen LogP contribution in [0.3, 0.4) is 0 Å². The summed E-state index contributed by atoms with van der Waals surface area (Å²) in [6.45, 7) is 0.452. The summed E-state index contributed by atoms with van der Waals surface area (Å²) >= 11 is 0. The van der Waals surface area contributed by atoms with Gasteiger partial charge in [-0.3, -0.25) is 4.79 Å². The molecule has 1 aliphatic carbocycles. The summed E-state index contributed by atoms with van der Waals surface area (Å²) < 4.78 is 0. The van der Waals surface area contributed by atoms with Gasteiger partial charge in [0.25, 0.3) is 5.91 Å². The maximum Gasteiger partial charge on any atom is 0.283 e. The largest absolute Gasteiger partial charge is 0.384 e. The molecule has 0 bridgehead atoms. The minimum Gasteiger partial charge on any atom is -0.384 e. The quantitative estimate of drug-likeness (QED) is 0.513. The van der Waals surface area contributed by atoms with Crippen molar-refractivity contribution in [3.8, 4) is 0 Å². The van der Waals surface area contributed by atoms with E-state index in [1.807, 2.05) is 30.3 Å². The third-order valence-corrected chi connectivity index (χ3v) is 4.33. The van der Waals surface area contributed by atoms with Crippen molar-refractivity contribution in [3.63, 3.8) is 0 Å². The van der Waals surface area contributed by atoms with E-state index in [1.165, 1.54) is 17.9 Å². The summed E-state index contributed by atoms with van der Waals surface area (Å²) in [7, 11) is 0. The number of amidine groups is 1. The highest BCUT2D eigenvalue weighted by atomic mass is 16.6. The monoisotopic (exact) mass is 314 g/mol. The van der Waals surface area contributed by atoms with Crippen LogP contribution < -0.4 is 5.73 Å². The van der Waals surface area contributed by atoms with E-state index in [9.17, 15) is 4.79 Å². The van der Waals surface area contributed by atoms with Crippen LogP contribution in [0, 0.1) is 5.92 Å². The number of rotatable bonds is 5. The highest BCUT2D eigenvalue weighted by molar-refractivity contribution is 6.02. The number of carbonyl (C=O) groups is 1. The van der Waals surface area contributed by atoms with Gasteiger partial charge < -0.3 is 10.6 Å². The van der Waals surface area contributed by atoms with Gasteiger partial charge in [-0.2, -0.15) is 5.10 Å². The van der Waals surface area contributed by atoms with Crippen LogP contribution in [0.5, 0.6) is 0 Å². The van der Waals surface area contributed by atoms with Crippen molar-refractivity contribution < 1.29 is 9.63 Å². The fraction of sp³-hybridized carbons (Fsp3) is 0.471. The molecule has 0 atom stereocenters. The molecule has 2 N–H and O–H groups in total. The van der Waals surface area contributed by atoms with Crippen molar-refractivity contribution in [2.45, 2.75) is 32.1 Å². The molecule has 1 amide bonds. The van der Waals surface area contributed by atoms with Crippen LogP contribution in [0.1, 0.15) is 37.7 Å². The lowest BCUT2D eigenvalue weighted by Crippen LogP contribution is -2.28. The van der Waals surface area contributed by atoms with E-state index in [1.54, 1.807) is 0 Å². The third-order valence-electron chi connectivity index (χ3n) is 4.33. The average molecular weight is 314 g/mol. The molecule has 0 aromatic heterocycles. The molecule has 122 valence electrons. The van der Waals surface area contributed by atoms with Crippen molar-refractivity contribution in [2.24, 2.45) is 21.9 Å². The number of benzene rings is 1. The molecule has 2 aliphatic rings. The predicted octanol–water partition coefficient (Wildman–Crippen LogP) is 2.10. The zero-order chi connectivity index (χ0) is 16.1. The minimum atomic E-state index is -0.195. The maximum atomic E-state index is 12.1. The Balaban J connectivity index is 1.51. The molecule has 1 aromatic rings. The van der Waals surface area contributed by atoms with Crippen molar-refractivity contribution in [1.29, 1.82) is 0 Å². The Labute approximate surface area is 136 Å². The Morgan fingerprint density at radius 1 is 1.30 bits per heavy atom. The zero-order valence-corrected chi connectivity index (χ0v) is 13.1. The second-order valence-electron chi connectivity index (χ2n) is 5.95. The van der Waals surface area contributed by atoms with Crippen LogP contribution in [0.4, 0.5) is 0 Å². The van der Waals surface area contributed by atoms with Crippen molar-refractivity contribution in [3.05, 3.63) is 35.9 Å². The van der Waals surface area contributed by atoms with Crippen LogP contribution >= 0.6 is 0 Å². The molecular formula is C17H22N4O2. The molecule has 1 saturated carbocycles. The molecule has 6 heteroatoms. The van der Waals surface area contributed by atoms with Gasteiger partial charge in [0, 0.05) is 12.3 Å². The lowest BCUT2D eigenvalue weighted by Gasteiger charge is -2.11. The second-order valence-corrected chi connectivity index (χ2v) is 5.95. The number of amides is 1. The molecule has 0 spiro atoms. The molecule has 3 rings (SSSR count). The summed E-state index contributed by atoms with van der Waals surface area (Å²) in [5.41, 5.74) is 7.86. The molecule has 1 heterocycles. The zero-order valence-electron chi connectivity index (χ0n) is 13.1. The first-order chi connectivity index (χ1) is 11.2. The van der Waals surface area contributed by atoms with Gasteiger partial charge >= 0.3 is 0 Å². The average Bonchev–Trinajstić information content (AvgIpc) is 3.27. The molecule has 1 aliphatic heterocycles. The van der Waals surface area contributed by atoms with Gasteiger partial charge in [-0.15, -0.1) is 0 Å². The highest BCUT2D eigenvalue weighted by Gasteiger charge is 2.22. The molecule has 23 heavy (non-hydrogen) atoms. The number of hydrogen-bond acceptors (Lipinski definition) is 4. The topological polar surface area (TPSA) is 80.3 Å². The normalized spacial score (nSPS) is 19.0. The van der Waals surface area contributed by atoms with Crippen molar-refractivity contribution in [2.75, 3.05) is 13.2 Å². The van der Waals surface area contributed by atoms with Gasteiger partial charge in [-0.05, 0) is 18.4 Å². The first-order valence-electron chi connectivity index (χ1n) is 8.12. The van der Waals surface area contributed by atoms with Gasteiger partial charge in [0.1, 0.15) is 5.84 Å². The van der Waals surface area contributed by atoms with Gasteiger partial charge in [0.15, 0.2) is 6.61 Å². The van der Waals surface area contributed by atoms with Crippen molar-refractivity contribution >= 4 is 17.5 Å². The number of oxime groups is 1. The van der Waals surface area contributed by atoms with Gasteiger partial charge in [-0.1, -0.05) is 48.3 Å². The number of hydrazone groups is 1. The Hall–Kier alpha value is -2.37. The second kappa shape index (κ2) is 7.26. The molecule has 1 aromatic carbocycles. The van der Waals surface area contributed by atoms with Crippen LogP contribution in [0.2, 0.25) is 0 Å². The first kappa shape index (κ1) is 15.5. The smallest absolute Gasteiger partial charge is 0.283 e. The molecule has 6 nitrogen and oxygen atoms in total. The SMILES string of the molecule is N/C(=N\OCC(=O)N1CCC(c2ccccc2)=N1)C1CCCC1. The van der Waals surface area contributed by atoms with Crippen LogP contribution in [0.15, 0.2) is 40.6 Å². The van der Waals surface area contributed by atoms with Crippen molar-refractivity contribution in [1.82, 2.24) is 5.01 Å². The van der Waals surface area contributed by atoms with E-state index in [-0.39, 0.29) is 12.5 Å². The van der Waals surface area contributed by atoms with Gasteiger partial charge in [0.05, 0.1) is 12.3 Å². The van der Waals surface area contributed by atoms with E-state index in [0.717, 1.165) is 30.5 Å².